The van der Waals surface area contributed by atoms with E-state index in [1.54, 1.807) is 0 Å². The second-order valence-corrected chi connectivity index (χ2v) is 7.52. The van der Waals surface area contributed by atoms with Crippen LogP contribution in [-0.4, -0.2) is 4.98 Å². The van der Waals surface area contributed by atoms with Crippen LogP contribution in [0.1, 0.15) is 63.8 Å². The summed E-state index contributed by atoms with van der Waals surface area (Å²) in [7, 11) is 0. The van der Waals surface area contributed by atoms with Crippen molar-refractivity contribution < 1.29 is 0 Å². The summed E-state index contributed by atoms with van der Waals surface area (Å²) >= 11 is 1.88. The highest BCUT2D eigenvalue weighted by Gasteiger charge is 2.18. The van der Waals surface area contributed by atoms with Gasteiger partial charge in [-0.25, -0.2) is 0 Å². The van der Waals surface area contributed by atoms with Crippen molar-refractivity contribution in [3.05, 3.63) is 50.0 Å². The van der Waals surface area contributed by atoms with E-state index in [-0.39, 0.29) is 0 Å². The average Bonchev–Trinajstić information content (AvgIpc) is 2.66. The lowest BCUT2D eigenvalue weighted by atomic mass is 9.99. The van der Waals surface area contributed by atoms with E-state index in [4.69, 9.17) is 0 Å². The molecule has 2 unspecified atom stereocenters. The third-order valence-corrected chi connectivity index (χ3v) is 5.04. The van der Waals surface area contributed by atoms with Gasteiger partial charge in [-0.1, -0.05) is 0 Å². The third kappa shape index (κ3) is 3.53. The molecule has 2 aromatic rings. The van der Waals surface area contributed by atoms with Gasteiger partial charge in [0.15, 0.2) is 0 Å². The quantitative estimate of drug-likeness (QED) is 0.850. The Morgan fingerprint density at radius 1 is 1.00 bits per heavy atom. The van der Waals surface area contributed by atoms with Gasteiger partial charge in [0, 0.05) is 33.2 Å². The molecule has 0 amide bonds. The van der Waals surface area contributed by atoms with Gasteiger partial charge in [-0.05, 0) is 77.3 Å². The summed E-state index contributed by atoms with van der Waals surface area (Å²) in [4.78, 5) is 7.41. The molecule has 2 heterocycles. The molecule has 2 rings (SSSR count). The van der Waals surface area contributed by atoms with Crippen molar-refractivity contribution in [2.75, 3.05) is 0 Å². The zero-order valence-electron chi connectivity index (χ0n) is 14.2. The minimum absolute atomic E-state index is 0.299. The summed E-state index contributed by atoms with van der Waals surface area (Å²) in [6.45, 7) is 15.2. The summed E-state index contributed by atoms with van der Waals surface area (Å²) in [6, 6.07) is 5.13. The third-order valence-electron chi connectivity index (χ3n) is 4.06. The van der Waals surface area contributed by atoms with Gasteiger partial charge in [-0.15, -0.1) is 11.3 Å². The monoisotopic (exact) mass is 302 g/mol. The topological polar surface area (TPSA) is 24.9 Å². The number of pyridine rings is 1. The van der Waals surface area contributed by atoms with Gasteiger partial charge in [0.25, 0.3) is 0 Å². The Balaban J connectivity index is 2.22. The highest BCUT2D eigenvalue weighted by molar-refractivity contribution is 7.12. The predicted octanol–water partition coefficient (Wildman–Crippen LogP) is 5.10. The Morgan fingerprint density at radius 3 is 2.19 bits per heavy atom. The van der Waals surface area contributed by atoms with Crippen LogP contribution in [0.15, 0.2) is 12.1 Å². The van der Waals surface area contributed by atoms with E-state index in [0.29, 0.717) is 12.1 Å². The van der Waals surface area contributed by atoms with Gasteiger partial charge in [-0.3, -0.25) is 4.98 Å². The van der Waals surface area contributed by atoms with Crippen molar-refractivity contribution >= 4 is 11.3 Å². The maximum Gasteiger partial charge on any atom is 0.0426 e. The van der Waals surface area contributed by atoms with Crippen LogP contribution in [0.2, 0.25) is 0 Å². The fraction of sp³-hybridized carbons (Fsp3) is 0.500. The SMILES string of the molecule is Cc1cc(C)c(C(C)NC(C)c2cc(C)sc2C)c(C)n1. The van der Waals surface area contributed by atoms with Crippen molar-refractivity contribution in [3.63, 3.8) is 0 Å². The summed E-state index contributed by atoms with van der Waals surface area (Å²) in [5.74, 6) is 0. The normalized spacial score (nSPS) is 14.2. The molecule has 0 saturated heterocycles. The van der Waals surface area contributed by atoms with Crippen LogP contribution in [0.3, 0.4) is 0 Å². The average molecular weight is 302 g/mol. The van der Waals surface area contributed by atoms with E-state index in [0.717, 1.165) is 11.4 Å². The second-order valence-electron chi connectivity index (χ2n) is 6.06. The molecule has 0 spiro atoms. The molecule has 0 radical (unpaired) electrons. The van der Waals surface area contributed by atoms with Gasteiger partial charge in [0.05, 0.1) is 0 Å². The van der Waals surface area contributed by atoms with E-state index in [1.165, 1.54) is 26.4 Å². The largest absolute Gasteiger partial charge is 0.304 e. The summed E-state index contributed by atoms with van der Waals surface area (Å²) < 4.78 is 0. The van der Waals surface area contributed by atoms with Gasteiger partial charge < -0.3 is 5.32 Å². The zero-order chi connectivity index (χ0) is 15.7. The Morgan fingerprint density at radius 2 is 1.67 bits per heavy atom. The maximum atomic E-state index is 4.62. The van der Waals surface area contributed by atoms with Crippen LogP contribution in [0.25, 0.3) is 0 Å². The molecule has 1 N–H and O–H groups in total. The molecule has 0 aromatic carbocycles. The predicted molar refractivity (Wildman–Crippen MR) is 92.2 cm³/mol. The molecule has 2 aromatic heterocycles. The standard InChI is InChI=1S/C18H26N2S/c1-10-8-11(2)19-14(5)18(10)15(6)20-13(4)17-9-12(3)21-16(17)7/h8-9,13,15,20H,1-7H3. The lowest BCUT2D eigenvalue weighted by Gasteiger charge is -2.23. The van der Waals surface area contributed by atoms with Crippen molar-refractivity contribution in [2.45, 2.75) is 60.5 Å². The molecule has 0 aliphatic heterocycles. The first-order chi connectivity index (χ1) is 9.79. The Hall–Kier alpha value is -1.19. The number of nitrogens with one attached hydrogen (secondary N) is 1. The first-order valence-electron chi connectivity index (χ1n) is 7.57. The zero-order valence-corrected chi connectivity index (χ0v) is 15.0. The van der Waals surface area contributed by atoms with Crippen LogP contribution in [0.4, 0.5) is 0 Å². The van der Waals surface area contributed by atoms with E-state index < -0.39 is 0 Å². The molecule has 3 heteroatoms. The minimum Gasteiger partial charge on any atom is -0.304 e. The molecule has 0 aliphatic rings. The molecule has 0 fully saturated rings. The summed E-state index contributed by atoms with van der Waals surface area (Å²) in [5.41, 5.74) is 6.30. The molecule has 0 bridgehead atoms. The first-order valence-corrected chi connectivity index (χ1v) is 8.39. The molecular formula is C18H26N2S. The van der Waals surface area contributed by atoms with Crippen LogP contribution in [-0.2, 0) is 0 Å². The fourth-order valence-corrected chi connectivity index (χ4v) is 4.34. The van der Waals surface area contributed by atoms with Crippen LogP contribution < -0.4 is 5.32 Å². The van der Waals surface area contributed by atoms with Gasteiger partial charge in [0.1, 0.15) is 0 Å². The van der Waals surface area contributed by atoms with Crippen LogP contribution in [0.5, 0.6) is 0 Å². The Bertz CT molecular complexity index is 620. The van der Waals surface area contributed by atoms with Gasteiger partial charge in [-0.2, -0.15) is 0 Å². The maximum absolute atomic E-state index is 4.62. The number of aromatic nitrogens is 1. The molecule has 114 valence electrons. The summed E-state index contributed by atoms with van der Waals surface area (Å²) in [5, 5.41) is 3.73. The highest BCUT2D eigenvalue weighted by atomic mass is 32.1. The lowest BCUT2D eigenvalue weighted by Crippen LogP contribution is -2.24. The minimum atomic E-state index is 0.299. The summed E-state index contributed by atoms with van der Waals surface area (Å²) in [6.07, 6.45) is 0. The number of thiophene rings is 1. The van der Waals surface area contributed by atoms with E-state index in [2.05, 4.69) is 70.9 Å². The Labute approximate surface area is 132 Å². The first kappa shape index (κ1) is 16.2. The van der Waals surface area contributed by atoms with E-state index in [9.17, 15) is 0 Å². The lowest BCUT2D eigenvalue weighted by molar-refractivity contribution is 0.489. The second kappa shape index (κ2) is 6.29. The van der Waals surface area contributed by atoms with Crippen LogP contribution >= 0.6 is 11.3 Å². The molecule has 2 nitrogen and oxygen atoms in total. The van der Waals surface area contributed by atoms with Crippen LogP contribution in [0, 0.1) is 34.6 Å². The van der Waals surface area contributed by atoms with Crippen molar-refractivity contribution in [1.29, 1.82) is 0 Å². The van der Waals surface area contributed by atoms with Crippen molar-refractivity contribution in [1.82, 2.24) is 10.3 Å². The number of hydrogen-bond acceptors (Lipinski definition) is 3. The molecule has 2 atom stereocenters. The Kier molecular flexibility index (Phi) is 4.84. The number of rotatable bonds is 4. The molecule has 0 saturated carbocycles. The molecule has 0 aliphatic carbocycles. The number of hydrogen-bond donors (Lipinski definition) is 1. The van der Waals surface area contributed by atoms with Gasteiger partial charge >= 0.3 is 0 Å². The van der Waals surface area contributed by atoms with Gasteiger partial charge in [0.2, 0.25) is 0 Å². The van der Waals surface area contributed by atoms with Crippen molar-refractivity contribution in [2.24, 2.45) is 0 Å². The highest BCUT2D eigenvalue weighted by Crippen LogP contribution is 2.29. The van der Waals surface area contributed by atoms with Crippen molar-refractivity contribution in [3.8, 4) is 0 Å². The van der Waals surface area contributed by atoms with E-state index in [1.807, 2.05) is 11.3 Å². The fourth-order valence-electron chi connectivity index (χ4n) is 3.32. The molecular weight excluding hydrogens is 276 g/mol. The molecule has 21 heavy (non-hydrogen) atoms. The van der Waals surface area contributed by atoms with E-state index >= 15 is 0 Å². The smallest absolute Gasteiger partial charge is 0.0426 e. The number of nitrogens with zero attached hydrogens (tertiary/aromatic N) is 1. The number of aryl methyl sites for hydroxylation is 5.